The first-order chi connectivity index (χ1) is 9.45. The number of aromatic nitrogens is 2. The van der Waals surface area contributed by atoms with Crippen LogP contribution in [-0.4, -0.2) is 26.4 Å². The van der Waals surface area contributed by atoms with Crippen molar-refractivity contribution in [3.63, 3.8) is 0 Å². The Kier molecular flexibility index (Phi) is 4.27. The lowest BCUT2D eigenvalue weighted by molar-refractivity contribution is -0.133. The number of carboxylic acid groups (broad SMARTS) is 1. The van der Waals surface area contributed by atoms with Crippen LogP contribution in [0.3, 0.4) is 0 Å². The summed E-state index contributed by atoms with van der Waals surface area (Å²) >= 11 is 1.00. The van der Waals surface area contributed by atoms with Crippen LogP contribution in [-0.2, 0) is 4.79 Å². The van der Waals surface area contributed by atoms with E-state index in [-0.39, 0.29) is 17.3 Å². The molecule has 1 N–H and O–H groups in total. The Morgan fingerprint density at radius 3 is 2.80 bits per heavy atom. The number of hydrogen-bond acceptors (Lipinski definition) is 3. The zero-order chi connectivity index (χ0) is 14.9. The van der Waals surface area contributed by atoms with E-state index in [0.717, 1.165) is 17.8 Å². The lowest BCUT2D eigenvalue weighted by atomic mass is 10.2. The minimum absolute atomic E-state index is 0.0900. The molecule has 1 heterocycles. The average molecular weight is 300 g/mol. The van der Waals surface area contributed by atoms with E-state index in [2.05, 4.69) is 4.98 Å². The monoisotopic (exact) mass is 300 g/mol. The largest absolute Gasteiger partial charge is 0.481 e. The average Bonchev–Trinajstić information content (AvgIpc) is 2.79. The highest BCUT2D eigenvalue weighted by Gasteiger charge is 2.21. The van der Waals surface area contributed by atoms with Crippen LogP contribution in [0.15, 0.2) is 17.3 Å². The van der Waals surface area contributed by atoms with Gasteiger partial charge in [-0.25, -0.2) is 13.8 Å². The summed E-state index contributed by atoms with van der Waals surface area (Å²) in [6.07, 6.45) is 0.696. The first kappa shape index (κ1) is 14.8. The van der Waals surface area contributed by atoms with Crippen molar-refractivity contribution in [2.75, 3.05) is 5.75 Å². The van der Waals surface area contributed by atoms with E-state index in [4.69, 9.17) is 5.11 Å². The first-order valence-corrected chi connectivity index (χ1v) is 7.14. The summed E-state index contributed by atoms with van der Waals surface area (Å²) in [5, 5.41) is 9.13. The number of aliphatic carboxylic acids is 1. The molecule has 0 spiro atoms. The van der Waals surface area contributed by atoms with Gasteiger partial charge in [0.15, 0.2) is 16.8 Å². The molecule has 4 nitrogen and oxygen atoms in total. The lowest BCUT2D eigenvalue weighted by Crippen LogP contribution is -2.08. The molecule has 0 fully saturated rings. The van der Waals surface area contributed by atoms with Gasteiger partial charge in [-0.2, -0.15) is 0 Å². The van der Waals surface area contributed by atoms with Crippen molar-refractivity contribution >= 4 is 28.8 Å². The summed E-state index contributed by atoms with van der Waals surface area (Å²) < 4.78 is 29.0. The zero-order valence-electron chi connectivity index (χ0n) is 11.1. The van der Waals surface area contributed by atoms with E-state index in [0.29, 0.717) is 17.1 Å². The molecule has 1 aromatic carbocycles. The normalized spacial score (nSPS) is 12.8. The fourth-order valence-electron chi connectivity index (χ4n) is 1.92. The summed E-state index contributed by atoms with van der Waals surface area (Å²) in [5.74, 6) is -3.04. The molecule has 0 radical (unpaired) electrons. The SMILES string of the molecule is CCC(C)n1c(SCC(=O)O)nc2ccc(F)c(F)c21. The Balaban J connectivity index is 2.62. The number of imidazole rings is 1. The Labute approximate surface area is 118 Å². The van der Waals surface area contributed by atoms with E-state index in [1.807, 2.05) is 13.8 Å². The number of hydrogen-bond donors (Lipinski definition) is 1. The van der Waals surface area contributed by atoms with E-state index >= 15 is 0 Å². The second-order valence-electron chi connectivity index (χ2n) is 4.43. The van der Waals surface area contributed by atoms with Crippen LogP contribution < -0.4 is 0 Å². The van der Waals surface area contributed by atoms with E-state index in [1.54, 1.807) is 4.57 Å². The summed E-state index contributed by atoms with van der Waals surface area (Å²) in [4.78, 5) is 14.9. The fourth-order valence-corrected chi connectivity index (χ4v) is 2.75. The third-order valence-corrected chi connectivity index (χ3v) is 4.00. The standard InChI is InChI=1S/C13H14F2N2O2S/c1-3-7(2)17-12-9(5-4-8(14)11(12)15)16-13(17)20-6-10(18)19/h4-5,7H,3,6H2,1-2H3,(H,18,19). The molecule has 0 bridgehead atoms. The minimum Gasteiger partial charge on any atom is -0.481 e. The Morgan fingerprint density at radius 2 is 2.20 bits per heavy atom. The van der Waals surface area contributed by atoms with Crippen molar-refractivity contribution in [1.29, 1.82) is 0 Å². The molecule has 2 aromatic rings. The van der Waals surface area contributed by atoms with Gasteiger partial charge in [-0.15, -0.1) is 0 Å². The third kappa shape index (κ3) is 2.63. The van der Waals surface area contributed by atoms with Gasteiger partial charge in [0.2, 0.25) is 0 Å². The molecule has 0 aliphatic heterocycles. The summed E-state index contributed by atoms with van der Waals surface area (Å²) in [7, 11) is 0. The number of halogens is 2. The van der Waals surface area contributed by atoms with Gasteiger partial charge in [0.1, 0.15) is 5.52 Å². The van der Waals surface area contributed by atoms with E-state index in [9.17, 15) is 13.6 Å². The van der Waals surface area contributed by atoms with Gasteiger partial charge >= 0.3 is 5.97 Å². The van der Waals surface area contributed by atoms with Gasteiger partial charge in [0.05, 0.1) is 11.3 Å². The molecule has 1 atom stereocenters. The highest BCUT2D eigenvalue weighted by molar-refractivity contribution is 7.99. The van der Waals surface area contributed by atoms with Gasteiger partial charge in [-0.1, -0.05) is 18.7 Å². The predicted octanol–water partition coefficient (Wildman–Crippen LogP) is 3.46. The molecule has 1 unspecified atom stereocenters. The van der Waals surface area contributed by atoms with Crippen LogP contribution in [0.25, 0.3) is 11.0 Å². The topological polar surface area (TPSA) is 55.1 Å². The van der Waals surface area contributed by atoms with Gasteiger partial charge in [0, 0.05) is 6.04 Å². The van der Waals surface area contributed by atoms with Crippen molar-refractivity contribution in [1.82, 2.24) is 9.55 Å². The number of carbonyl (C=O) groups is 1. The van der Waals surface area contributed by atoms with Gasteiger partial charge in [0.25, 0.3) is 0 Å². The number of carboxylic acids is 1. The lowest BCUT2D eigenvalue weighted by Gasteiger charge is -2.15. The quantitative estimate of drug-likeness (QED) is 0.859. The highest BCUT2D eigenvalue weighted by atomic mass is 32.2. The molecule has 0 aliphatic rings. The van der Waals surface area contributed by atoms with E-state index < -0.39 is 17.6 Å². The third-order valence-electron chi connectivity index (χ3n) is 3.07. The Bertz CT molecular complexity index is 657. The molecule has 1 aromatic heterocycles. The number of fused-ring (bicyclic) bond motifs is 1. The maximum atomic E-state index is 14.0. The maximum absolute atomic E-state index is 14.0. The van der Waals surface area contributed by atoms with Crippen LogP contribution in [0, 0.1) is 11.6 Å². The van der Waals surface area contributed by atoms with Gasteiger partial charge in [-0.3, -0.25) is 4.79 Å². The number of benzene rings is 1. The molecule has 0 aliphatic carbocycles. The molecule has 0 saturated carbocycles. The second-order valence-corrected chi connectivity index (χ2v) is 5.38. The number of rotatable bonds is 5. The van der Waals surface area contributed by atoms with E-state index in [1.165, 1.54) is 6.07 Å². The summed E-state index contributed by atoms with van der Waals surface area (Å²) in [5.41, 5.74) is 0.421. The highest BCUT2D eigenvalue weighted by Crippen LogP contribution is 2.31. The van der Waals surface area contributed by atoms with Gasteiger partial charge < -0.3 is 9.67 Å². The zero-order valence-corrected chi connectivity index (χ0v) is 11.9. The second kappa shape index (κ2) is 5.78. The molecule has 2 rings (SSSR count). The Hall–Kier alpha value is -1.63. The van der Waals surface area contributed by atoms with Crippen LogP contribution >= 0.6 is 11.8 Å². The predicted molar refractivity (Wildman–Crippen MR) is 73.0 cm³/mol. The molecule has 108 valence electrons. The number of nitrogens with zero attached hydrogens (tertiary/aromatic N) is 2. The molecule has 0 saturated heterocycles. The molecule has 7 heteroatoms. The van der Waals surface area contributed by atoms with Crippen molar-refractivity contribution in [3.05, 3.63) is 23.8 Å². The first-order valence-electron chi connectivity index (χ1n) is 6.16. The smallest absolute Gasteiger partial charge is 0.313 e. The summed E-state index contributed by atoms with van der Waals surface area (Å²) in [6, 6.07) is 2.32. The van der Waals surface area contributed by atoms with Crippen molar-refractivity contribution < 1.29 is 18.7 Å². The minimum atomic E-state index is -0.982. The maximum Gasteiger partial charge on any atom is 0.313 e. The van der Waals surface area contributed by atoms with Gasteiger partial charge in [-0.05, 0) is 25.5 Å². The van der Waals surface area contributed by atoms with Crippen molar-refractivity contribution in [2.45, 2.75) is 31.5 Å². The molecule has 20 heavy (non-hydrogen) atoms. The number of thioether (sulfide) groups is 1. The Morgan fingerprint density at radius 1 is 1.50 bits per heavy atom. The molecule has 0 amide bonds. The summed E-state index contributed by atoms with van der Waals surface area (Å²) in [6.45, 7) is 3.77. The fraction of sp³-hybridized carbons (Fsp3) is 0.385. The van der Waals surface area contributed by atoms with Crippen LogP contribution in [0.5, 0.6) is 0 Å². The van der Waals surface area contributed by atoms with Crippen LogP contribution in [0.1, 0.15) is 26.3 Å². The molecular weight excluding hydrogens is 286 g/mol. The van der Waals surface area contributed by atoms with Crippen LogP contribution in [0.4, 0.5) is 8.78 Å². The van der Waals surface area contributed by atoms with Crippen molar-refractivity contribution in [2.24, 2.45) is 0 Å². The van der Waals surface area contributed by atoms with Crippen LogP contribution in [0.2, 0.25) is 0 Å². The molecular formula is C13H14F2N2O2S. The van der Waals surface area contributed by atoms with Crippen molar-refractivity contribution in [3.8, 4) is 0 Å².